The molecule has 0 bridgehead atoms. The molecule has 90 valence electrons. The van der Waals surface area contributed by atoms with Crippen molar-refractivity contribution in [2.75, 3.05) is 18.5 Å². The zero-order chi connectivity index (χ0) is 12.0. The van der Waals surface area contributed by atoms with Gasteiger partial charge in [-0.15, -0.1) is 0 Å². The molecule has 0 unspecified atom stereocenters. The first kappa shape index (κ1) is 12.7. The van der Waals surface area contributed by atoms with Gasteiger partial charge < -0.3 is 15.8 Å². The molecule has 0 spiro atoms. The lowest BCUT2D eigenvalue weighted by molar-refractivity contribution is 0.326. The maximum absolute atomic E-state index is 5.54. The normalized spacial score (nSPS) is 11.2. The zero-order valence-corrected chi connectivity index (χ0v) is 10.2. The van der Waals surface area contributed by atoms with Gasteiger partial charge in [0.25, 0.3) is 0 Å². The predicted molar refractivity (Wildman–Crippen MR) is 64.6 cm³/mol. The summed E-state index contributed by atoms with van der Waals surface area (Å²) < 4.78 is 5.31. The van der Waals surface area contributed by atoms with Crippen LogP contribution in [0.2, 0.25) is 0 Å². The van der Waals surface area contributed by atoms with E-state index >= 15 is 0 Å². The third-order valence-electron chi connectivity index (χ3n) is 2.14. The standard InChI is InChI=1S/C11H20N4O/c1-4-16-9-5-8-13-10(14-9)15-11(2,3)6-7-12/h5,8H,4,6-7,12H2,1-3H3,(H,13,14,15). The number of hydrogen-bond acceptors (Lipinski definition) is 5. The van der Waals surface area contributed by atoms with E-state index in [2.05, 4.69) is 29.1 Å². The van der Waals surface area contributed by atoms with Gasteiger partial charge in [0.05, 0.1) is 6.61 Å². The van der Waals surface area contributed by atoms with E-state index in [0.717, 1.165) is 6.42 Å². The molecule has 0 fully saturated rings. The lowest BCUT2D eigenvalue weighted by Crippen LogP contribution is -2.34. The number of aromatic nitrogens is 2. The zero-order valence-electron chi connectivity index (χ0n) is 10.2. The van der Waals surface area contributed by atoms with Crippen LogP contribution in [0.3, 0.4) is 0 Å². The van der Waals surface area contributed by atoms with Gasteiger partial charge in [0.2, 0.25) is 11.8 Å². The second-order valence-electron chi connectivity index (χ2n) is 4.20. The van der Waals surface area contributed by atoms with Crippen LogP contribution in [0.25, 0.3) is 0 Å². The highest BCUT2D eigenvalue weighted by atomic mass is 16.5. The summed E-state index contributed by atoms with van der Waals surface area (Å²) in [6.45, 7) is 7.29. The number of rotatable bonds is 6. The number of nitrogens with zero attached hydrogens (tertiary/aromatic N) is 2. The minimum atomic E-state index is -0.112. The second kappa shape index (κ2) is 5.65. The molecule has 0 amide bonds. The number of anilines is 1. The monoisotopic (exact) mass is 224 g/mol. The molecule has 0 aliphatic heterocycles. The number of nitrogens with two attached hydrogens (primary N) is 1. The Labute approximate surface area is 96.4 Å². The number of hydrogen-bond donors (Lipinski definition) is 2. The van der Waals surface area contributed by atoms with Gasteiger partial charge in [-0.1, -0.05) is 0 Å². The highest BCUT2D eigenvalue weighted by molar-refractivity contribution is 5.30. The van der Waals surface area contributed by atoms with Gasteiger partial charge in [0.1, 0.15) is 0 Å². The van der Waals surface area contributed by atoms with E-state index in [4.69, 9.17) is 10.5 Å². The average Bonchev–Trinajstić information content (AvgIpc) is 2.17. The van der Waals surface area contributed by atoms with Crippen LogP contribution in [-0.2, 0) is 0 Å². The molecule has 0 saturated heterocycles. The summed E-state index contributed by atoms with van der Waals surface area (Å²) in [5.41, 5.74) is 5.43. The Balaban J connectivity index is 2.69. The first-order chi connectivity index (χ1) is 7.57. The first-order valence-corrected chi connectivity index (χ1v) is 5.51. The first-order valence-electron chi connectivity index (χ1n) is 5.51. The molecular weight excluding hydrogens is 204 g/mol. The third kappa shape index (κ3) is 4.02. The summed E-state index contributed by atoms with van der Waals surface area (Å²) >= 11 is 0. The minimum absolute atomic E-state index is 0.112. The molecule has 0 saturated carbocycles. The van der Waals surface area contributed by atoms with E-state index in [0.29, 0.717) is 25.0 Å². The molecule has 0 aliphatic carbocycles. The van der Waals surface area contributed by atoms with Crippen molar-refractivity contribution >= 4 is 5.95 Å². The van der Waals surface area contributed by atoms with Gasteiger partial charge >= 0.3 is 0 Å². The van der Waals surface area contributed by atoms with Gasteiger partial charge in [-0.2, -0.15) is 4.98 Å². The Kier molecular flexibility index (Phi) is 4.49. The molecule has 5 nitrogen and oxygen atoms in total. The molecular formula is C11H20N4O. The quantitative estimate of drug-likeness (QED) is 0.764. The lowest BCUT2D eigenvalue weighted by atomic mass is 10.0. The minimum Gasteiger partial charge on any atom is -0.478 e. The number of nitrogens with one attached hydrogen (secondary N) is 1. The Bertz CT molecular complexity index is 328. The predicted octanol–water partition coefficient (Wildman–Crippen LogP) is 1.41. The molecule has 3 N–H and O–H groups in total. The van der Waals surface area contributed by atoms with E-state index in [-0.39, 0.29) is 5.54 Å². The van der Waals surface area contributed by atoms with Crippen molar-refractivity contribution in [2.24, 2.45) is 5.73 Å². The fourth-order valence-corrected chi connectivity index (χ4v) is 1.36. The maximum Gasteiger partial charge on any atom is 0.226 e. The van der Waals surface area contributed by atoms with E-state index in [9.17, 15) is 0 Å². The Morgan fingerprint density at radius 3 is 2.88 bits per heavy atom. The summed E-state index contributed by atoms with van der Waals surface area (Å²) in [5, 5.41) is 3.24. The van der Waals surface area contributed by atoms with E-state index in [1.165, 1.54) is 0 Å². The summed E-state index contributed by atoms with van der Waals surface area (Å²) in [6, 6.07) is 1.74. The third-order valence-corrected chi connectivity index (χ3v) is 2.14. The van der Waals surface area contributed by atoms with E-state index in [1.807, 2.05) is 6.92 Å². The van der Waals surface area contributed by atoms with Crippen LogP contribution in [0.15, 0.2) is 12.3 Å². The fraction of sp³-hybridized carbons (Fsp3) is 0.636. The van der Waals surface area contributed by atoms with Gasteiger partial charge in [0.15, 0.2) is 0 Å². The molecule has 0 atom stereocenters. The Morgan fingerprint density at radius 1 is 1.50 bits per heavy atom. The average molecular weight is 224 g/mol. The van der Waals surface area contributed by atoms with Gasteiger partial charge in [-0.05, 0) is 33.7 Å². The van der Waals surface area contributed by atoms with Crippen molar-refractivity contribution in [2.45, 2.75) is 32.7 Å². The summed E-state index contributed by atoms with van der Waals surface area (Å²) in [5.74, 6) is 1.16. The van der Waals surface area contributed by atoms with Crippen molar-refractivity contribution in [1.29, 1.82) is 0 Å². The maximum atomic E-state index is 5.54. The summed E-state index contributed by atoms with van der Waals surface area (Å²) in [7, 11) is 0. The molecule has 0 aromatic carbocycles. The lowest BCUT2D eigenvalue weighted by Gasteiger charge is -2.25. The van der Waals surface area contributed by atoms with Crippen LogP contribution in [0.4, 0.5) is 5.95 Å². The topological polar surface area (TPSA) is 73.1 Å². The van der Waals surface area contributed by atoms with Crippen molar-refractivity contribution in [3.63, 3.8) is 0 Å². The van der Waals surface area contributed by atoms with Crippen molar-refractivity contribution in [1.82, 2.24) is 9.97 Å². The highest BCUT2D eigenvalue weighted by Crippen LogP contribution is 2.15. The van der Waals surface area contributed by atoms with Crippen LogP contribution >= 0.6 is 0 Å². The SMILES string of the molecule is CCOc1ccnc(NC(C)(C)CCN)n1. The second-order valence-corrected chi connectivity index (χ2v) is 4.20. The van der Waals surface area contributed by atoms with Crippen LogP contribution in [0.1, 0.15) is 27.2 Å². The molecule has 0 aliphatic rings. The van der Waals surface area contributed by atoms with E-state index < -0.39 is 0 Å². The summed E-state index contributed by atoms with van der Waals surface area (Å²) in [4.78, 5) is 8.39. The van der Waals surface area contributed by atoms with Crippen LogP contribution < -0.4 is 15.8 Å². The van der Waals surface area contributed by atoms with Crippen LogP contribution in [0.5, 0.6) is 5.88 Å². The van der Waals surface area contributed by atoms with Crippen molar-refractivity contribution < 1.29 is 4.74 Å². The van der Waals surface area contributed by atoms with Crippen molar-refractivity contribution in [3.05, 3.63) is 12.3 Å². The Hall–Kier alpha value is -1.36. The summed E-state index contributed by atoms with van der Waals surface area (Å²) in [6.07, 6.45) is 2.54. The largest absolute Gasteiger partial charge is 0.478 e. The smallest absolute Gasteiger partial charge is 0.226 e. The Morgan fingerprint density at radius 2 is 2.25 bits per heavy atom. The van der Waals surface area contributed by atoms with Gasteiger partial charge in [0, 0.05) is 17.8 Å². The van der Waals surface area contributed by atoms with Gasteiger partial charge in [-0.3, -0.25) is 0 Å². The molecule has 0 radical (unpaired) electrons. The molecule has 1 aromatic rings. The molecule has 1 heterocycles. The fourth-order valence-electron chi connectivity index (χ4n) is 1.36. The molecule has 1 aromatic heterocycles. The number of ether oxygens (including phenoxy) is 1. The van der Waals surface area contributed by atoms with E-state index in [1.54, 1.807) is 12.3 Å². The molecule has 16 heavy (non-hydrogen) atoms. The highest BCUT2D eigenvalue weighted by Gasteiger charge is 2.17. The molecule has 1 rings (SSSR count). The van der Waals surface area contributed by atoms with Gasteiger partial charge in [-0.25, -0.2) is 4.98 Å². The molecule has 5 heteroatoms. The van der Waals surface area contributed by atoms with Crippen LogP contribution in [0, 0.1) is 0 Å². The van der Waals surface area contributed by atoms with Crippen LogP contribution in [-0.4, -0.2) is 28.7 Å². The van der Waals surface area contributed by atoms with Crippen molar-refractivity contribution in [3.8, 4) is 5.88 Å².